The first-order valence-electron chi connectivity index (χ1n) is 12.0. The van der Waals surface area contributed by atoms with E-state index in [0.717, 1.165) is 18.3 Å². The minimum atomic E-state index is -0.214. The summed E-state index contributed by atoms with van der Waals surface area (Å²) in [5.74, 6) is 2.87. The van der Waals surface area contributed by atoms with Crippen molar-refractivity contribution in [3.63, 3.8) is 0 Å². The van der Waals surface area contributed by atoms with E-state index in [1.165, 1.54) is 49.7 Å². The zero-order chi connectivity index (χ0) is 21.0. The van der Waals surface area contributed by atoms with Crippen molar-refractivity contribution in [1.29, 1.82) is 0 Å². The van der Waals surface area contributed by atoms with E-state index in [-0.39, 0.29) is 11.0 Å². The zero-order valence-electron chi connectivity index (χ0n) is 19.3. The highest BCUT2D eigenvalue weighted by atomic mass is 16.1. The lowest BCUT2D eigenvalue weighted by Gasteiger charge is -2.61. The summed E-state index contributed by atoms with van der Waals surface area (Å²) in [4.78, 5) is 12.0. The number of carbonyl (C=O) groups is 1. The Kier molecular flexibility index (Phi) is 5.25. The van der Waals surface area contributed by atoms with Crippen molar-refractivity contribution < 1.29 is 4.79 Å². The second-order valence-corrected chi connectivity index (χ2v) is 11.5. The van der Waals surface area contributed by atoms with Gasteiger partial charge in [0.15, 0.2) is 5.78 Å². The van der Waals surface area contributed by atoms with Gasteiger partial charge in [0.2, 0.25) is 0 Å². The highest BCUT2D eigenvalue weighted by molar-refractivity contribution is 5.92. The molecule has 2 heteroatoms. The number of rotatable bonds is 4. The van der Waals surface area contributed by atoms with Crippen LogP contribution in [0.3, 0.4) is 0 Å². The molecule has 160 valence electrons. The van der Waals surface area contributed by atoms with Crippen molar-refractivity contribution in [2.45, 2.75) is 91.5 Å². The maximum Gasteiger partial charge on any atom is 0.156 e. The van der Waals surface area contributed by atoms with Crippen molar-refractivity contribution in [1.82, 2.24) is 0 Å². The first kappa shape index (κ1) is 21.1. The van der Waals surface area contributed by atoms with Crippen LogP contribution in [-0.2, 0) is 4.79 Å². The predicted octanol–water partition coefficient (Wildman–Crippen LogP) is 6.37. The predicted molar refractivity (Wildman–Crippen MR) is 121 cm³/mol. The summed E-state index contributed by atoms with van der Waals surface area (Å²) in [6.07, 6.45) is 18.1. The second-order valence-electron chi connectivity index (χ2n) is 11.5. The van der Waals surface area contributed by atoms with Crippen LogP contribution in [0.25, 0.3) is 0 Å². The summed E-state index contributed by atoms with van der Waals surface area (Å²) < 4.78 is 0. The van der Waals surface area contributed by atoms with Gasteiger partial charge in [0.25, 0.3) is 0 Å². The highest BCUT2D eigenvalue weighted by Gasteiger charge is 2.63. The molecule has 0 aliphatic heterocycles. The number of fused-ring (bicyclic) bond motifs is 5. The molecule has 2 saturated carbocycles. The summed E-state index contributed by atoms with van der Waals surface area (Å²) >= 11 is 0. The van der Waals surface area contributed by atoms with E-state index < -0.39 is 0 Å². The van der Waals surface area contributed by atoms with Crippen LogP contribution in [0.4, 0.5) is 0 Å². The first-order chi connectivity index (χ1) is 13.6. The van der Waals surface area contributed by atoms with E-state index in [1.54, 1.807) is 0 Å². The molecule has 4 rings (SSSR count). The molecule has 0 aromatic rings. The van der Waals surface area contributed by atoms with Crippen LogP contribution in [0.15, 0.2) is 35.5 Å². The van der Waals surface area contributed by atoms with Crippen LogP contribution in [-0.4, -0.2) is 11.3 Å². The van der Waals surface area contributed by atoms with Crippen molar-refractivity contribution >= 4 is 5.78 Å². The molecular weight excluding hydrogens is 354 g/mol. The number of ketones is 1. The zero-order valence-corrected chi connectivity index (χ0v) is 19.3. The van der Waals surface area contributed by atoms with Gasteiger partial charge < -0.3 is 5.73 Å². The average molecular weight is 396 g/mol. The first-order valence-corrected chi connectivity index (χ1v) is 12.0. The maximum absolute atomic E-state index is 12.0. The molecular formula is C27H41NO. The molecule has 2 nitrogen and oxygen atoms in total. The molecule has 2 unspecified atom stereocenters. The Morgan fingerprint density at radius 1 is 1.21 bits per heavy atom. The summed E-state index contributed by atoms with van der Waals surface area (Å²) in [5.41, 5.74) is 10.2. The monoisotopic (exact) mass is 395 g/mol. The highest BCUT2D eigenvalue weighted by Crippen LogP contribution is 2.67. The molecule has 7 atom stereocenters. The topological polar surface area (TPSA) is 43.1 Å². The Balaban J connectivity index is 1.61. The summed E-state index contributed by atoms with van der Waals surface area (Å²) in [5, 5.41) is 0. The second kappa shape index (κ2) is 7.22. The smallest absolute Gasteiger partial charge is 0.156 e. The number of carbonyl (C=O) groups excluding carboxylic acids is 1. The number of hydrogen-bond acceptors (Lipinski definition) is 2. The normalized spacial score (nSPS) is 44.4. The van der Waals surface area contributed by atoms with Gasteiger partial charge >= 0.3 is 0 Å². The molecule has 0 aromatic heterocycles. The Morgan fingerprint density at radius 3 is 2.69 bits per heavy atom. The van der Waals surface area contributed by atoms with Crippen LogP contribution in [0.2, 0.25) is 0 Å². The number of allylic oxidation sites excluding steroid dienone is 5. The largest absolute Gasteiger partial charge is 0.321 e. The van der Waals surface area contributed by atoms with Crippen molar-refractivity contribution in [2.24, 2.45) is 40.2 Å². The van der Waals surface area contributed by atoms with Gasteiger partial charge in [-0.1, -0.05) is 44.6 Å². The maximum atomic E-state index is 12.0. The minimum absolute atomic E-state index is 0.0753. The number of nitrogens with two attached hydrogens (primary N) is 1. The Morgan fingerprint density at radius 2 is 1.97 bits per heavy atom. The SMILES string of the molecule is CC(C)=CCC[C@@H](C)[C@H]1CC[C@H]2C3(N)C=CC4=CC(=O)CC[C@]4(C)[C@H]3CCC12C. The van der Waals surface area contributed by atoms with Gasteiger partial charge in [-0.2, -0.15) is 0 Å². The fourth-order valence-corrected chi connectivity index (χ4v) is 8.05. The average Bonchev–Trinajstić information content (AvgIpc) is 3.00. The van der Waals surface area contributed by atoms with Crippen molar-refractivity contribution in [3.05, 3.63) is 35.5 Å². The van der Waals surface area contributed by atoms with E-state index in [9.17, 15) is 4.79 Å². The lowest BCUT2D eigenvalue weighted by atomic mass is 9.45. The fraction of sp³-hybridized carbons (Fsp3) is 0.741. The standard InChI is InChI=1S/C27H41NO/c1-18(2)7-6-8-19(3)22-9-10-23-26(22,5)15-13-24-25(4)14-12-21(29)17-20(25)11-16-27(23,24)28/h7,11,16-17,19,22-24H,6,8-10,12-15,28H2,1-5H3/t19-,22-,23-,24-,25+,26?,27?/m1/s1. The Hall–Kier alpha value is -1.15. The third-order valence-corrected chi connectivity index (χ3v) is 9.64. The molecule has 2 fully saturated rings. The number of hydrogen-bond donors (Lipinski definition) is 1. The van der Waals surface area contributed by atoms with Crippen LogP contribution >= 0.6 is 0 Å². The van der Waals surface area contributed by atoms with E-state index in [2.05, 4.69) is 52.8 Å². The molecule has 0 aromatic carbocycles. The van der Waals surface area contributed by atoms with Gasteiger partial charge in [-0.15, -0.1) is 0 Å². The molecule has 4 aliphatic carbocycles. The third kappa shape index (κ3) is 3.21. The third-order valence-electron chi connectivity index (χ3n) is 9.64. The van der Waals surface area contributed by atoms with Gasteiger partial charge in [0, 0.05) is 12.0 Å². The van der Waals surface area contributed by atoms with Gasteiger partial charge in [0.1, 0.15) is 0 Å². The summed E-state index contributed by atoms with van der Waals surface area (Å²) in [7, 11) is 0. The molecule has 29 heavy (non-hydrogen) atoms. The Bertz CT molecular complexity index is 771. The molecule has 0 radical (unpaired) electrons. The van der Waals surface area contributed by atoms with E-state index in [0.29, 0.717) is 29.5 Å². The Labute approximate surface area is 178 Å². The molecule has 0 bridgehead atoms. The fourth-order valence-electron chi connectivity index (χ4n) is 8.05. The lowest BCUT2D eigenvalue weighted by molar-refractivity contribution is -0.116. The minimum Gasteiger partial charge on any atom is -0.321 e. The van der Waals surface area contributed by atoms with Gasteiger partial charge in [-0.05, 0) is 105 Å². The molecule has 2 N–H and O–H groups in total. The molecule has 4 aliphatic rings. The molecule has 0 spiro atoms. The summed E-state index contributed by atoms with van der Waals surface area (Å²) in [6.45, 7) is 11.8. The van der Waals surface area contributed by atoms with Crippen LogP contribution < -0.4 is 5.73 Å². The summed E-state index contributed by atoms with van der Waals surface area (Å²) in [6, 6.07) is 0. The molecule has 0 saturated heterocycles. The van der Waals surface area contributed by atoms with Gasteiger partial charge in [0.05, 0.1) is 0 Å². The van der Waals surface area contributed by atoms with E-state index in [4.69, 9.17) is 5.73 Å². The van der Waals surface area contributed by atoms with Crippen molar-refractivity contribution in [3.8, 4) is 0 Å². The van der Waals surface area contributed by atoms with Gasteiger partial charge in [-0.3, -0.25) is 4.79 Å². The van der Waals surface area contributed by atoms with Crippen LogP contribution in [0.1, 0.15) is 86.0 Å². The lowest BCUT2D eigenvalue weighted by Crippen LogP contribution is -2.65. The van der Waals surface area contributed by atoms with Gasteiger partial charge in [-0.25, -0.2) is 0 Å². The van der Waals surface area contributed by atoms with Crippen LogP contribution in [0.5, 0.6) is 0 Å². The molecule has 0 heterocycles. The van der Waals surface area contributed by atoms with E-state index in [1.807, 2.05) is 6.08 Å². The molecule has 0 amide bonds. The van der Waals surface area contributed by atoms with Crippen molar-refractivity contribution in [2.75, 3.05) is 0 Å². The van der Waals surface area contributed by atoms with Crippen LogP contribution in [0, 0.1) is 34.5 Å². The van der Waals surface area contributed by atoms with E-state index >= 15 is 0 Å². The quantitative estimate of drug-likeness (QED) is 0.562.